The van der Waals surface area contributed by atoms with Crippen LogP contribution in [0.1, 0.15) is 26.3 Å². The summed E-state index contributed by atoms with van der Waals surface area (Å²) in [5, 5.41) is 19.2. The minimum absolute atomic E-state index is 0.0531. The number of nitrogens with one attached hydrogen (secondary N) is 2. The summed E-state index contributed by atoms with van der Waals surface area (Å²) in [7, 11) is 0. The molecule has 3 N–H and O–H groups in total. The lowest BCUT2D eigenvalue weighted by molar-refractivity contribution is 0.0956. The first-order chi connectivity index (χ1) is 15.5. The number of aromatic hydroxyl groups is 1. The number of carbonyl (C=O) groups is 2. The van der Waals surface area contributed by atoms with Crippen molar-refractivity contribution in [1.29, 1.82) is 0 Å². The Hall–Kier alpha value is -4.16. The van der Waals surface area contributed by atoms with E-state index in [4.69, 9.17) is 11.6 Å². The summed E-state index contributed by atoms with van der Waals surface area (Å²) in [6.07, 6.45) is 1.39. The monoisotopic (exact) mass is 443 g/mol. The number of phenols is 1. The largest absolute Gasteiger partial charge is 0.507 e. The lowest BCUT2D eigenvalue weighted by Crippen LogP contribution is -2.21. The van der Waals surface area contributed by atoms with Gasteiger partial charge in [0.05, 0.1) is 17.5 Å². The second kappa shape index (κ2) is 9.32. The maximum absolute atomic E-state index is 12.7. The minimum atomic E-state index is -0.506. The number of benzene rings is 4. The molecule has 0 unspecified atom stereocenters. The molecule has 0 saturated heterocycles. The molecule has 32 heavy (non-hydrogen) atoms. The van der Waals surface area contributed by atoms with Crippen molar-refractivity contribution < 1.29 is 14.7 Å². The summed E-state index contributed by atoms with van der Waals surface area (Å²) in [6, 6.07) is 24.0. The van der Waals surface area contributed by atoms with Gasteiger partial charge in [0.2, 0.25) is 0 Å². The highest BCUT2D eigenvalue weighted by Crippen LogP contribution is 2.25. The van der Waals surface area contributed by atoms with Crippen LogP contribution >= 0.6 is 11.6 Å². The summed E-state index contributed by atoms with van der Waals surface area (Å²) in [4.78, 5) is 25.2. The first-order valence-corrected chi connectivity index (χ1v) is 10.1. The van der Waals surface area contributed by atoms with E-state index in [1.54, 1.807) is 60.7 Å². The molecule has 0 fully saturated rings. The average molecular weight is 444 g/mol. The van der Waals surface area contributed by atoms with E-state index in [9.17, 15) is 14.7 Å². The number of fused-ring (bicyclic) bond motifs is 1. The van der Waals surface area contributed by atoms with Gasteiger partial charge >= 0.3 is 0 Å². The maximum Gasteiger partial charge on any atom is 0.273 e. The van der Waals surface area contributed by atoms with Gasteiger partial charge in [0, 0.05) is 16.1 Å². The Kier molecular flexibility index (Phi) is 6.14. The molecule has 158 valence electrons. The van der Waals surface area contributed by atoms with E-state index >= 15 is 0 Å². The van der Waals surface area contributed by atoms with Crippen molar-refractivity contribution in [3.8, 4) is 5.75 Å². The molecule has 4 aromatic rings. The number of para-hydroxylation sites is 1. The summed E-state index contributed by atoms with van der Waals surface area (Å²) >= 11 is 5.86. The fourth-order valence-corrected chi connectivity index (χ4v) is 3.35. The summed E-state index contributed by atoms with van der Waals surface area (Å²) in [5.74, 6) is -0.823. The molecule has 0 aliphatic heterocycles. The number of phenolic OH excluding ortho intramolecular Hbond substituents is 1. The zero-order chi connectivity index (χ0) is 22.5. The molecule has 6 nitrogen and oxygen atoms in total. The van der Waals surface area contributed by atoms with Gasteiger partial charge in [-0.05, 0) is 53.2 Å². The Balaban J connectivity index is 1.52. The van der Waals surface area contributed by atoms with Crippen molar-refractivity contribution in [2.45, 2.75) is 0 Å². The van der Waals surface area contributed by atoms with Crippen molar-refractivity contribution in [2.24, 2.45) is 5.10 Å². The Morgan fingerprint density at radius 2 is 1.56 bits per heavy atom. The van der Waals surface area contributed by atoms with Crippen LogP contribution in [0.3, 0.4) is 0 Å². The number of halogens is 1. The van der Waals surface area contributed by atoms with Crippen LogP contribution in [0.5, 0.6) is 5.75 Å². The fourth-order valence-electron chi connectivity index (χ4n) is 3.22. The molecular formula is C25H18ClN3O3. The SMILES string of the molecule is O=C(Nc1ccccc1C(=O)N/N=C/c1c(O)ccc2ccccc12)c1ccc(Cl)cc1. The molecule has 7 heteroatoms. The summed E-state index contributed by atoms with van der Waals surface area (Å²) in [5.41, 5.74) is 3.94. The quantitative estimate of drug-likeness (QED) is 0.292. The van der Waals surface area contributed by atoms with E-state index < -0.39 is 5.91 Å². The molecule has 0 aliphatic rings. The van der Waals surface area contributed by atoms with Crippen molar-refractivity contribution in [2.75, 3.05) is 5.32 Å². The van der Waals surface area contributed by atoms with Crippen molar-refractivity contribution in [3.05, 3.63) is 107 Å². The van der Waals surface area contributed by atoms with Crippen LogP contribution in [-0.4, -0.2) is 23.1 Å². The number of rotatable bonds is 5. The van der Waals surface area contributed by atoms with Gasteiger partial charge in [0.25, 0.3) is 11.8 Å². The minimum Gasteiger partial charge on any atom is -0.507 e. The van der Waals surface area contributed by atoms with Crippen LogP contribution in [0.2, 0.25) is 5.02 Å². The molecule has 0 saturated carbocycles. The third-order valence-electron chi connectivity index (χ3n) is 4.83. The van der Waals surface area contributed by atoms with Gasteiger partial charge < -0.3 is 10.4 Å². The highest BCUT2D eigenvalue weighted by Gasteiger charge is 2.14. The van der Waals surface area contributed by atoms with Crippen molar-refractivity contribution in [1.82, 2.24) is 5.43 Å². The van der Waals surface area contributed by atoms with Crippen molar-refractivity contribution in [3.63, 3.8) is 0 Å². The van der Waals surface area contributed by atoms with Gasteiger partial charge in [-0.1, -0.05) is 54.1 Å². The average Bonchev–Trinajstić information content (AvgIpc) is 2.81. The standard InChI is InChI=1S/C25H18ClN3O3/c26-18-12-9-17(10-13-18)24(31)28-22-8-4-3-7-20(22)25(32)29-27-15-21-19-6-2-1-5-16(19)11-14-23(21)30/h1-15,30H,(H,28,31)(H,29,32)/b27-15+. The van der Waals surface area contributed by atoms with E-state index in [2.05, 4.69) is 15.8 Å². The van der Waals surface area contributed by atoms with E-state index in [1.165, 1.54) is 6.21 Å². The summed E-state index contributed by atoms with van der Waals surface area (Å²) in [6.45, 7) is 0. The molecule has 0 heterocycles. The third kappa shape index (κ3) is 4.61. The van der Waals surface area contributed by atoms with E-state index in [-0.39, 0.29) is 17.2 Å². The van der Waals surface area contributed by atoms with Gasteiger partial charge in [-0.15, -0.1) is 0 Å². The third-order valence-corrected chi connectivity index (χ3v) is 5.09. The second-order valence-electron chi connectivity index (χ2n) is 6.93. The van der Waals surface area contributed by atoms with Crippen LogP contribution < -0.4 is 10.7 Å². The van der Waals surface area contributed by atoms with Gasteiger partial charge in [-0.2, -0.15) is 5.10 Å². The normalized spacial score (nSPS) is 10.9. The highest BCUT2D eigenvalue weighted by atomic mass is 35.5. The van der Waals surface area contributed by atoms with Crippen LogP contribution in [-0.2, 0) is 0 Å². The first-order valence-electron chi connectivity index (χ1n) is 9.73. The molecule has 0 aliphatic carbocycles. The number of hydrogen-bond acceptors (Lipinski definition) is 4. The molecule has 0 aromatic heterocycles. The Labute approximate surface area is 189 Å². The number of anilines is 1. The predicted molar refractivity (Wildman–Crippen MR) is 127 cm³/mol. The fraction of sp³-hybridized carbons (Fsp3) is 0. The molecule has 0 spiro atoms. The second-order valence-corrected chi connectivity index (χ2v) is 7.36. The summed E-state index contributed by atoms with van der Waals surface area (Å²) < 4.78 is 0. The molecule has 2 amide bonds. The van der Waals surface area contributed by atoms with Gasteiger partial charge in [0.15, 0.2) is 0 Å². The zero-order valence-corrected chi connectivity index (χ0v) is 17.5. The smallest absolute Gasteiger partial charge is 0.273 e. The van der Waals surface area contributed by atoms with E-state index in [0.717, 1.165) is 10.8 Å². The number of hydrazone groups is 1. The highest BCUT2D eigenvalue weighted by molar-refractivity contribution is 6.30. The van der Waals surface area contributed by atoms with Crippen molar-refractivity contribution >= 4 is 46.1 Å². The van der Waals surface area contributed by atoms with Crippen LogP contribution in [0, 0.1) is 0 Å². The van der Waals surface area contributed by atoms with Crippen LogP contribution in [0.25, 0.3) is 10.8 Å². The van der Waals surface area contributed by atoms with E-state index in [0.29, 0.717) is 21.8 Å². The molecular weight excluding hydrogens is 426 g/mol. The Bertz CT molecular complexity index is 1330. The lowest BCUT2D eigenvalue weighted by Gasteiger charge is -2.10. The Morgan fingerprint density at radius 3 is 2.38 bits per heavy atom. The van der Waals surface area contributed by atoms with Gasteiger partial charge in [0.1, 0.15) is 5.75 Å². The number of nitrogens with zero attached hydrogens (tertiary/aromatic N) is 1. The lowest BCUT2D eigenvalue weighted by atomic mass is 10.0. The topological polar surface area (TPSA) is 90.8 Å². The number of amides is 2. The molecule has 0 radical (unpaired) electrons. The number of hydrogen-bond donors (Lipinski definition) is 3. The maximum atomic E-state index is 12.7. The molecule has 0 bridgehead atoms. The first kappa shape index (κ1) is 21.1. The zero-order valence-electron chi connectivity index (χ0n) is 16.7. The Morgan fingerprint density at radius 1 is 0.844 bits per heavy atom. The predicted octanol–water partition coefficient (Wildman–Crippen LogP) is 5.22. The molecule has 4 aromatic carbocycles. The number of carbonyl (C=O) groups excluding carboxylic acids is 2. The molecule has 0 atom stereocenters. The van der Waals surface area contributed by atoms with Gasteiger partial charge in [-0.3, -0.25) is 9.59 Å². The van der Waals surface area contributed by atoms with Gasteiger partial charge in [-0.25, -0.2) is 5.43 Å². The van der Waals surface area contributed by atoms with E-state index in [1.807, 2.05) is 24.3 Å². The molecule has 4 rings (SSSR count). The van der Waals surface area contributed by atoms with Crippen LogP contribution in [0.15, 0.2) is 90.0 Å². The van der Waals surface area contributed by atoms with Crippen LogP contribution in [0.4, 0.5) is 5.69 Å².